The van der Waals surface area contributed by atoms with Crippen LogP contribution in [0.3, 0.4) is 0 Å². The Kier molecular flexibility index (Phi) is 6.05. The van der Waals surface area contributed by atoms with Gasteiger partial charge in [0, 0.05) is 5.69 Å². The van der Waals surface area contributed by atoms with Gasteiger partial charge in [0.2, 0.25) is 0 Å². The highest BCUT2D eigenvalue weighted by atomic mass is 19.3. The Morgan fingerprint density at radius 3 is 2.48 bits per heavy atom. The third kappa shape index (κ3) is 6.13. The first-order chi connectivity index (χ1) is 11.1. The lowest BCUT2D eigenvalue weighted by Gasteiger charge is -2.05. The third-order valence-corrected chi connectivity index (χ3v) is 2.73. The number of hydrogen-bond donors (Lipinski definition) is 2. The monoisotopic (exact) mass is 319 g/mol. The molecule has 0 heterocycles. The first kappa shape index (κ1) is 16.4. The number of benzene rings is 2. The molecule has 0 aliphatic rings. The van der Waals surface area contributed by atoms with E-state index in [9.17, 15) is 13.6 Å². The number of halogens is 2. The van der Waals surface area contributed by atoms with E-state index in [1.807, 2.05) is 30.3 Å². The van der Waals surface area contributed by atoms with Gasteiger partial charge in [0.05, 0.1) is 12.8 Å². The van der Waals surface area contributed by atoms with E-state index < -0.39 is 6.61 Å². The minimum Gasteiger partial charge on any atom is -0.435 e. The van der Waals surface area contributed by atoms with Gasteiger partial charge in [-0.25, -0.2) is 5.43 Å². The molecule has 2 N–H and O–H groups in total. The zero-order valence-electron chi connectivity index (χ0n) is 12.1. The zero-order chi connectivity index (χ0) is 16.5. The Bertz CT molecular complexity index is 646. The Labute approximate surface area is 132 Å². The maximum atomic E-state index is 12.0. The van der Waals surface area contributed by atoms with Crippen molar-refractivity contribution >= 4 is 17.8 Å². The van der Waals surface area contributed by atoms with Crippen LogP contribution in [-0.2, 0) is 4.79 Å². The van der Waals surface area contributed by atoms with Crippen LogP contribution in [0.5, 0.6) is 5.75 Å². The Balaban J connectivity index is 1.76. The van der Waals surface area contributed by atoms with Gasteiger partial charge in [0.15, 0.2) is 0 Å². The van der Waals surface area contributed by atoms with E-state index in [4.69, 9.17) is 0 Å². The molecule has 0 spiro atoms. The van der Waals surface area contributed by atoms with Crippen molar-refractivity contribution in [3.63, 3.8) is 0 Å². The molecule has 7 heteroatoms. The second-order valence-electron chi connectivity index (χ2n) is 4.46. The second-order valence-corrected chi connectivity index (χ2v) is 4.46. The van der Waals surface area contributed by atoms with E-state index in [0.717, 1.165) is 5.69 Å². The third-order valence-electron chi connectivity index (χ3n) is 2.73. The highest BCUT2D eigenvalue weighted by Gasteiger charge is 2.03. The fourth-order valence-corrected chi connectivity index (χ4v) is 1.69. The predicted octanol–water partition coefficient (Wildman–Crippen LogP) is 2.85. The van der Waals surface area contributed by atoms with Crippen LogP contribution in [0.4, 0.5) is 14.5 Å². The van der Waals surface area contributed by atoms with Gasteiger partial charge in [-0.1, -0.05) is 18.2 Å². The number of carbonyl (C=O) groups excluding carboxylic acids is 1. The number of anilines is 1. The van der Waals surface area contributed by atoms with Crippen LogP contribution in [0.25, 0.3) is 0 Å². The minimum atomic E-state index is -2.86. The highest BCUT2D eigenvalue weighted by Crippen LogP contribution is 2.13. The molecule has 1 amide bonds. The van der Waals surface area contributed by atoms with Gasteiger partial charge < -0.3 is 10.1 Å². The molecule has 2 aromatic carbocycles. The first-order valence-corrected chi connectivity index (χ1v) is 6.79. The number of rotatable bonds is 7. The van der Waals surface area contributed by atoms with Gasteiger partial charge in [-0.2, -0.15) is 13.9 Å². The van der Waals surface area contributed by atoms with Crippen LogP contribution in [0.2, 0.25) is 0 Å². The summed E-state index contributed by atoms with van der Waals surface area (Å²) in [6, 6.07) is 15.2. The minimum absolute atomic E-state index is 0.0632. The van der Waals surface area contributed by atoms with Crippen molar-refractivity contribution in [3.8, 4) is 5.75 Å². The van der Waals surface area contributed by atoms with Crippen molar-refractivity contribution in [1.29, 1.82) is 0 Å². The van der Waals surface area contributed by atoms with Crippen molar-refractivity contribution in [2.45, 2.75) is 6.61 Å². The van der Waals surface area contributed by atoms with Gasteiger partial charge in [-0.15, -0.1) is 0 Å². The molecule has 0 fully saturated rings. The predicted molar refractivity (Wildman–Crippen MR) is 83.7 cm³/mol. The maximum absolute atomic E-state index is 12.0. The molecular formula is C16H15F2N3O2. The van der Waals surface area contributed by atoms with E-state index in [1.54, 1.807) is 12.1 Å². The zero-order valence-corrected chi connectivity index (χ0v) is 12.1. The van der Waals surface area contributed by atoms with Crippen LogP contribution in [0.1, 0.15) is 5.56 Å². The molecule has 0 aromatic heterocycles. The van der Waals surface area contributed by atoms with Crippen molar-refractivity contribution in [3.05, 3.63) is 60.2 Å². The van der Waals surface area contributed by atoms with E-state index in [1.165, 1.54) is 18.3 Å². The molecule has 23 heavy (non-hydrogen) atoms. The quantitative estimate of drug-likeness (QED) is 0.609. The molecule has 0 saturated carbocycles. The van der Waals surface area contributed by atoms with Gasteiger partial charge >= 0.3 is 6.61 Å². The maximum Gasteiger partial charge on any atom is 0.387 e. The topological polar surface area (TPSA) is 62.7 Å². The number of carbonyl (C=O) groups is 1. The van der Waals surface area contributed by atoms with Crippen LogP contribution in [0, 0.1) is 0 Å². The Morgan fingerprint density at radius 1 is 1.13 bits per heavy atom. The molecular weight excluding hydrogens is 304 g/mol. The van der Waals surface area contributed by atoms with E-state index in [2.05, 4.69) is 20.6 Å². The number of amides is 1. The summed E-state index contributed by atoms with van der Waals surface area (Å²) in [5, 5.41) is 6.74. The Morgan fingerprint density at radius 2 is 1.83 bits per heavy atom. The molecule has 0 aliphatic heterocycles. The molecule has 0 radical (unpaired) electrons. The van der Waals surface area contributed by atoms with E-state index >= 15 is 0 Å². The molecule has 0 saturated heterocycles. The van der Waals surface area contributed by atoms with Crippen molar-refractivity contribution in [2.75, 3.05) is 11.9 Å². The molecule has 0 bridgehead atoms. The molecule has 0 unspecified atom stereocenters. The Hall–Kier alpha value is -2.96. The van der Waals surface area contributed by atoms with Gasteiger partial charge in [0.25, 0.3) is 5.91 Å². The number of nitrogens with one attached hydrogen (secondary N) is 2. The molecule has 120 valence electrons. The van der Waals surface area contributed by atoms with Crippen molar-refractivity contribution in [2.24, 2.45) is 5.10 Å². The summed E-state index contributed by atoms with van der Waals surface area (Å²) in [5.41, 5.74) is 3.84. The number of para-hydroxylation sites is 1. The summed E-state index contributed by atoms with van der Waals surface area (Å²) in [4.78, 5) is 11.6. The molecule has 5 nitrogen and oxygen atoms in total. The fourth-order valence-electron chi connectivity index (χ4n) is 1.69. The highest BCUT2D eigenvalue weighted by molar-refractivity contribution is 5.84. The van der Waals surface area contributed by atoms with Crippen LogP contribution in [-0.4, -0.2) is 25.3 Å². The second kappa shape index (κ2) is 8.47. The van der Waals surface area contributed by atoms with Crippen LogP contribution >= 0.6 is 0 Å². The number of alkyl halides is 2. The average molecular weight is 319 g/mol. The fraction of sp³-hybridized carbons (Fsp3) is 0.125. The molecule has 0 atom stereocenters. The number of nitrogens with zero attached hydrogens (tertiary/aromatic N) is 1. The van der Waals surface area contributed by atoms with Gasteiger partial charge in [-0.3, -0.25) is 4.79 Å². The standard InChI is InChI=1S/C16H15F2N3O2/c17-16(18)23-14-8-6-12(7-9-14)10-20-21-15(22)11-19-13-4-2-1-3-5-13/h1-10,16,19H,11H2,(H,21,22)/b20-10+. The summed E-state index contributed by atoms with van der Waals surface area (Å²) in [7, 11) is 0. The lowest BCUT2D eigenvalue weighted by atomic mass is 10.2. The summed E-state index contributed by atoms with van der Waals surface area (Å²) in [6.07, 6.45) is 1.41. The smallest absolute Gasteiger partial charge is 0.387 e. The van der Waals surface area contributed by atoms with Crippen molar-refractivity contribution in [1.82, 2.24) is 5.43 Å². The lowest BCUT2D eigenvalue weighted by molar-refractivity contribution is -0.119. The molecule has 2 aromatic rings. The number of hydrazone groups is 1. The largest absolute Gasteiger partial charge is 0.435 e. The van der Waals surface area contributed by atoms with Crippen LogP contribution in [0.15, 0.2) is 59.7 Å². The van der Waals surface area contributed by atoms with Crippen LogP contribution < -0.4 is 15.5 Å². The van der Waals surface area contributed by atoms with E-state index in [-0.39, 0.29) is 18.2 Å². The first-order valence-electron chi connectivity index (χ1n) is 6.79. The summed E-state index contributed by atoms with van der Waals surface area (Å²) >= 11 is 0. The summed E-state index contributed by atoms with van der Waals surface area (Å²) in [6.45, 7) is -2.77. The lowest BCUT2D eigenvalue weighted by Crippen LogP contribution is -2.25. The summed E-state index contributed by atoms with van der Waals surface area (Å²) in [5.74, 6) is -0.240. The molecule has 2 rings (SSSR count). The number of hydrogen-bond acceptors (Lipinski definition) is 4. The number of ether oxygens (including phenoxy) is 1. The van der Waals surface area contributed by atoms with Gasteiger partial charge in [-0.05, 0) is 42.0 Å². The normalized spacial score (nSPS) is 10.7. The summed E-state index contributed by atoms with van der Waals surface area (Å²) < 4.78 is 28.2. The molecule has 0 aliphatic carbocycles. The average Bonchev–Trinajstić information content (AvgIpc) is 2.55. The van der Waals surface area contributed by atoms with E-state index in [0.29, 0.717) is 5.56 Å². The van der Waals surface area contributed by atoms with Crippen molar-refractivity contribution < 1.29 is 18.3 Å². The van der Waals surface area contributed by atoms with Gasteiger partial charge in [0.1, 0.15) is 5.75 Å². The SMILES string of the molecule is O=C(CNc1ccccc1)N/N=C/c1ccc(OC(F)F)cc1.